The molecule has 3 heteroatoms. The van der Waals surface area contributed by atoms with Crippen LogP contribution in [0.1, 0.15) is 56.2 Å². The number of carbonyl (C=O) groups is 1. The highest BCUT2D eigenvalue weighted by molar-refractivity contribution is 5.94. The molecular formula is C20H24FNO. The predicted molar refractivity (Wildman–Crippen MR) is 93.4 cm³/mol. The molecule has 0 radical (unpaired) electrons. The molecule has 0 aromatic heterocycles. The van der Waals surface area contributed by atoms with Gasteiger partial charge < -0.3 is 5.32 Å². The van der Waals surface area contributed by atoms with E-state index in [-0.39, 0.29) is 18.1 Å². The molecule has 0 heterocycles. The zero-order valence-electron chi connectivity index (χ0n) is 14.2. The van der Waals surface area contributed by atoms with E-state index in [0.717, 1.165) is 16.8 Å². The topological polar surface area (TPSA) is 29.1 Å². The second-order valence-corrected chi connectivity index (χ2v) is 6.48. The molecule has 23 heavy (non-hydrogen) atoms. The fraction of sp³-hybridized carbons (Fsp3) is 0.350. The predicted octanol–water partition coefficient (Wildman–Crippen LogP) is 5.25. The average molecular weight is 313 g/mol. The second-order valence-electron chi connectivity index (χ2n) is 6.48. The van der Waals surface area contributed by atoms with E-state index in [0.29, 0.717) is 17.4 Å². The van der Waals surface area contributed by atoms with E-state index >= 15 is 0 Å². The fourth-order valence-corrected chi connectivity index (χ4v) is 2.71. The lowest BCUT2D eigenvalue weighted by Crippen LogP contribution is -2.17. The molecule has 2 rings (SSSR count). The highest BCUT2D eigenvalue weighted by Crippen LogP contribution is 2.32. The Bertz CT molecular complexity index is 666. The summed E-state index contributed by atoms with van der Waals surface area (Å²) in [6.45, 7) is 8.45. The summed E-state index contributed by atoms with van der Waals surface area (Å²) in [7, 11) is 0. The van der Waals surface area contributed by atoms with Gasteiger partial charge in [0.25, 0.3) is 0 Å². The van der Waals surface area contributed by atoms with Crippen LogP contribution in [-0.2, 0) is 11.2 Å². The first-order valence-electron chi connectivity index (χ1n) is 8.05. The summed E-state index contributed by atoms with van der Waals surface area (Å²) in [4.78, 5) is 12.4. The minimum Gasteiger partial charge on any atom is -0.325 e. The Balaban J connectivity index is 2.26. The number of rotatable bonds is 5. The summed E-state index contributed by atoms with van der Waals surface area (Å²) in [5.74, 6) is 0.197. The van der Waals surface area contributed by atoms with Crippen LogP contribution in [0.4, 0.5) is 10.1 Å². The molecule has 0 atom stereocenters. The average Bonchev–Trinajstić information content (AvgIpc) is 2.46. The smallest absolute Gasteiger partial charge is 0.228 e. The van der Waals surface area contributed by atoms with Crippen LogP contribution in [0.2, 0.25) is 0 Å². The van der Waals surface area contributed by atoms with Crippen molar-refractivity contribution in [3.8, 4) is 0 Å². The lowest BCUT2D eigenvalue weighted by molar-refractivity contribution is -0.115. The summed E-state index contributed by atoms with van der Waals surface area (Å²) >= 11 is 0. The van der Waals surface area contributed by atoms with E-state index in [1.54, 1.807) is 12.1 Å². The summed E-state index contributed by atoms with van der Waals surface area (Å²) < 4.78 is 13.3. The van der Waals surface area contributed by atoms with Crippen LogP contribution >= 0.6 is 0 Å². The Morgan fingerprint density at radius 1 is 1.00 bits per heavy atom. The zero-order chi connectivity index (χ0) is 17.0. The maximum absolute atomic E-state index is 13.3. The first-order valence-corrected chi connectivity index (χ1v) is 8.05. The van der Waals surface area contributed by atoms with Gasteiger partial charge in [-0.1, -0.05) is 58.0 Å². The van der Waals surface area contributed by atoms with Gasteiger partial charge in [0.1, 0.15) is 5.82 Å². The van der Waals surface area contributed by atoms with Gasteiger partial charge >= 0.3 is 0 Å². The Hall–Kier alpha value is -2.16. The van der Waals surface area contributed by atoms with Gasteiger partial charge in [0.15, 0.2) is 0 Å². The molecule has 1 amide bonds. The molecule has 122 valence electrons. The fourth-order valence-electron chi connectivity index (χ4n) is 2.71. The lowest BCUT2D eigenvalue weighted by Gasteiger charge is -2.20. The third kappa shape index (κ3) is 4.41. The first-order chi connectivity index (χ1) is 10.9. The maximum Gasteiger partial charge on any atom is 0.228 e. The molecule has 0 bridgehead atoms. The molecule has 2 aromatic rings. The van der Waals surface area contributed by atoms with Crippen molar-refractivity contribution in [2.45, 2.75) is 46.0 Å². The van der Waals surface area contributed by atoms with Crippen molar-refractivity contribution in [3.63, 3.8) is 0 Å². The normalized spacial score (nSPS) is 11.1. The van der Waals surface area contributed by atoms with E-state index in [1.165, 1.54) is 12.1 Å². The van der Waals surface area contributed by atoms with E-state index in [2.05, 4.69) is 33.0 Å². The number of anilines is 1. The van der Waals surface area contributed by atoms with Gasteiger partial charge in [0.2, 0.25) is 5.91 Å². The number of benzene rings is 2. The zero-order valence-corrected chi connectivity index (χ0v) is 14.2. The van der Waals surface area contributed by atoms with Crippen LogP contribution in [0.3, 0.4) is 0 Å². The summed E-state index contributed by atoms with van der Waals surface area (Å²) in [6, 6.07) is 12.3. The molecule has 2 aromatic carbocycles. The monoisotopic (exact) mass is 313 g/mol. The van der Waals surface area contributed by atoms with E-state index in [1.807, 2.05) is 18.2 Å². The Labute approximate surface area is 137 Å². The van der Waals surface area contributed by atoms with Gasteiger partial charge in [0, 0.05) is 5.69 Å². The molecule has 0 saturated heterocycles. The highest BCUT2D eigenvalue weighted by atomic mass is 19.1. The molecular weight excluding hydrogens is 289 g/mol. The quantitative estimate of drug-likeness (QED) is 0.802. The lowest BCUT2D eigenvalue weighted by atomic mass is 9.92. The number of para-hydroxylation sites is 1. The molecule has 0 spiro atoms. The van der Waals surface area contributed by atoms with Crippen LogP contribution in [0.15, 0.2) is 42.5 Å². The molecule has 0 aliphatic carbocycles. The van der Waals surface area contributed by atoms with Gasteiger partial charge in [-0.25, -0.2) is 4.39 Å². The molecule has 0 aliphatic heterocycles. The largest absolute Gasteiger partial charge is 0.325 e. The van der Waals surface area contributed by atoms with Crippen LogP contribution in [0, 0.1) is 5.82 Å². The summed E-state index contributed by atoms with van der Waals surface area (Å²) in [5, 5.41) is 3.05. The standard InChI is InChI=1S/C20H24FNO/c1-13(2)17-9-6-10-18(14(3)4)20(17)22-19(23)12-15-7-5-8-16(21)11-15/h5-11,13-14H,12H2,1-4H3,(H,22,23). The SMILES string of the molecule is CC(C)c1cccc(C(C)C)c1NC(=O)Cc1cccc(F)c1. The third-order valence-electron chi connectivity index (χ3n) is 3.89. The number of carbonyl (C=O) groups excluding carboxylic acids is 1. The van der Waals surface area contributed by atoms with Crippen molar-refractivity contribution in [1.82, 2.24) is 0 Å². The Kier molecular flexibility index (Phi) is 5.54. The minimum absolute atomic E-state index is 0.120. The van der Waals surface area contributed by atoms with Gasteiger partial charge in [-0.3, -0.25) is 4.79 Å². The van der Waals surface area contributed by atoms with Crippen LogP contribution < -0.4 is 5.32 Å². The molecule has 0 fully saturated rings. The van der Waals surface area contributed by atoms with Gasteiger partial charge in [-0.05, 0) is 40.7 Å². The first kappa shape index (κ1) is 17.2. The van der Waals surface area contributed by atoms with Gasteiger partial charge in [0.05, 0.1) is 6.42 Å². The van der Waals surface area contributed by atoms with E-state index in [9.17, 15) is 9.18 Å². The van der Waals surface area contributed by atoms with Crippen molar-refractivity contribution < 1.29 is 9.18 Å². The van der Waals surface area contributed by atoms with Crippen LogP contribution in [0.5, 0.6) is 0 Å². The van der Waals surface area contributed by atoms with Crippen molar-refractivity contribution in [3.05, 3.63) is 65.0 Å². The van der Waals surface area contributed by atoms with E-state index < -0.39 is 0 Å². The van der Waals surface area contributed by atoms with Gasteiger partial charge in [-0.15, -0.1) is 0 Å². The molecule has 2 nitrogen and oxygen atoms in total. The molecule has 0 saturated carbocycles. The third-order valence-corrected chi connectivity index (χ3v) is 3.89. The van der Waals surface area contributed by atoms with Crippen molar-refractivity contribution >= 4 is 11.6 Å². The van der Waals surface area contributed by atoms with E-state index in [4.69, 9.17) is 0 Å². The minimum atomic E-state index is -0.319. The molecule has 1 N–H and O–H groups in total. The number of hydrogen-bond donors (Lipinski definition) is 1. The molecule has 0 unspecified atom stereocenters. The van der Waals surface area contributed by atoms with Crippen molar-refractivity contribution in [2.24, 2.45) is 0 Å². The highest BCUT2D eigenvalue weighted by Gasteiger charge is 2.16. The second kappa shape index (κ2) is 7.40. The summed E-state index contributed by atoms with van der Waals surface area (Å²) in [6.07, 6.45) is 0.168. The summed E-state index contributed by atoms with van der Waals surface area (Å²) in [5.41, 5.74) is 3.84. The van der Waals surface area contributed by atoms with Crippen LogP contribution in [-0.4, -0.2) is 5.91 Å². The number of nitrogens with one attached hydrogen (secondary N) is 1. The van der Waals surface area contributed by atoms with Crippen LogP contribution in [0.25, 0.3) is 0 Å². The van der Waals surface area contributed by atoms with Gasteiger partial charge in [-0.2, -0.15) is 0 Å². The molecule has 0 aliphatic rings. The Morgan fingerprint density at radius 2 is 1.57 bits per heavy atom. The number of halogens is 1. The van der Waals surface area contributed by atoms with Crippen molar-refractivity contribution in [1.29, 1.82) is 0 Å². The maximum atomic E-state index is 13.3. The number of amides is 1. The number of hydrogen-bond acceptors (Lipinski definition) is 1. The van der Waals surface area contributed by atoms with Crippen molar-refractivity contribution in [2.75, 3.05) is 5.32 Å². The Morgan fingerprint density at radius 3 is 2.09 bits per heavy atom.